The van der Waals surface area contributed by atoms with Crippen molar-refractivity contribution in [2.45, 2.75) is 26.4 Å². The standard InChI is InChI=1S/C15H22N2O2/c1-3-13-6-4-5-7-14(13)19-12(2)15(18)17-10-8-16-9-11-17/h4-7,12,16H,3,8-11H2,1-2H3/t12-/m0/s1. The first-order valence-electron chi connectivity index (χ1n) is 6.96. The second-order valence-electron chi connectivity index (χ2n) is 4.80. The second kappa shape index (κ2) is 6.57. The van der Waals surface area contributed by atoms with Gasteiger partial charge in [0.05, 0.1) is 0 Å². The highest BCUT2D eigenvalue weighted by Crippen LogP contribution is 2.20. The third-order valence-corrected chi connectivity index (χ3v) is 3.43. The molecular weight excluding hydrogens is 240 g/mol. The summed E-state index contributed by atoms with van der Waals surface area (Å²) >= 11 is 0. The summed E-state index contributed by atoms with van der Waals surface area (Å²) in [5.41, 5.74) is 1.14. The summed E-state index contributed by atoms with van der Waals surface area (Å²) in [7, 11) is 0. The predicted molar refractivity (Wildman–Crippen MR) is 75.4 cm³/mol. The minimum atomic E-state index is -0.425. The molecule has 1 N–H and O–H groups in total. The van der Waals surface area contributed by atoms with E-state index in [-0.39, 0.29) is 5.91 Å². The van der Waals surface area contributed by atoms with Gasteiger partial charge in [-0.15, -0.1) is 0 Å². The van der Waals surface area contributed by atoms with E-state index in [4.69, 9.17) is 4.74 Å². The lowest BCUT2D eigenvalue weighted by Crippen LogP contribution is -2.50. The molecular formula is C15H22N2O2. The largest absolute Gasteiger partial charge is 0.481 e. The summed E-state index contributed by atoms with van der Waals surface area (Å²) in [6, 6.07) is 7.91. The molecule has 4 nitrogen and oxygen atoms in total. The average molecular weight is 262 g/mol. The molecule has 0 spiro atoms. The van der Waals surface area contributed by atoms with E-state index in [1.54, 1.807) is 0 Å². The molecule has 1 saturated heterocycles. The maximum atomic E-state index is 12.3. The molecule has 1 aliphatic heterocycles. The minimum Gasteiger partial charge on any atom is -0.481 e. The van der Waals surface area contributed by atoms with Crippen molar-refractivity contribution in [3.05, 3.63) is 29.8 Å². The van der Waals surface area contributed by atoms with E-state index in [0.29, 0.717) is 0 Å². The Bertz CT molecular complexity index is 428. The molecule has 2 rings (SSSR count). The van der Waals surface area contributed by atoms with Gasteiger partial charge in [0.25, 0.3) is 5.91 Å². The maximum absolute atomic E-state index is 12.3. The van der Waals surface area contributed by atoms with Crippen LogP contribution >= 0.6 is 0 Å². The molecule has 19 heavy (non-hydrogen) atoms. The number of nitrogens with zero attached hydrogens (tertiary/aromatic N) is 1. The van der Waals surface area contributed by atoms with Crippen LogP contribution in [0.25, 0.3) is 0 Å². The van der Waals surface area contributed by atoms with Gasteiger partial charge in [-0.2, -0.15) is 0 Å². The van der Waals surface area contributed by atoms with Gasteiger partial charge in [0.2, 0.25) is 0 Å². The molecule has 1 fully saturated rings. The molecule has 1 aromatic rings. The first-order chi connectivity index (χ1) is 9.22. The van der Waals surface area contributed by atoms with Crippen LogP contribution in [-0.2, 0) is 11.2 Å². The summed E-state index contributed by atoms with van der Waals surface area (Å²) in [6.45, 7) is 7.18. The quantitative estimate of drug-likeness (QED) is 0.893. The van der Waals surface area contributed by atoms with Gasteiger partial charge in [0, 0.05) is 26.2 Å². The van der Waals surface area contributed by atoms with Crippen molar-refractivity contribution in [2.75, 3.05) is 26.2 Å². The van der Waals surface area contributed by atoms with Crippen molar-refractivity contribution < 1.29 is 9.53 Å². The third kappa shape index (κ3) is 3.47. The fourth-order valence-corrected chi connectivity index (χ4v) is 2.29. The van der Waals surface area contributed by atoms with Crippen molar-refractivity contribution in [3.8, 4) is 5.75 Å². The van der Waals surface area contributed by atoms with Crippen LogP contribution in [0.5, 0.6) is 5.75 Å². The Morgan fingerprint density at radius 1 is 1.37 bits per heavy atom. The molecule has 1 aromatic carbocycles. The lowest BCUT2D eigenvalue weighted by molar-refractivity contribution is -0.138. The van der Waals surface area contributed by atoms with Crippen molar-refractivity contribution in [1.29, 1.82) is 0 Å². The highest BCUT2D eigenvalue weighted by Gasteiger charge is 2.23. The van der Waals surface area contributed by atoms with Crippen LogP contribution in [0.15, 0.2) is 24.3 Å². The number of para-hydroxylation sites is 1. The van der Waals surface area contributed by atoms with Crippen LogP contribution in [0.3, 0.4) is 0 Å². The van der Waals surface area contributed by atoms with Crippen molar-refractivity contribution in [1.82, 2.24) is 10.2 Å². The van der Waals surface area contributed by atoms with E-state index in [2.05, 4.69) is 12.2 Å². The normalized spacial score (nSPS) is 17.1. The number of amides is 1. The summed E-state index contributed by atoms with van der Waals surface area (Å²) < 4.78 is 5.84. The van der Waals surface area contributed by atoms with Gasteiger partial charge < -0.3 is 15.0 Å². The number of carbonyl (C=O) groups excluding carboxylic acids is 1. The molecule has 0 radical (unpaired) electrons. The Morgan fingerprint density at radius 2 is 2.05 bits per heavy atom. The van der Waals surface area contributed by atoms with Crippen LogP contribution in [0.4, 0.5) is 0 Å². The second-order valence-corrected chi connectivity index (χ2v) is 4.80. The molecule has 0 aliphatic carbocycles. The topological polar surface area (TPSA) is 41.6 Å². The zero-order valence-electron chi connectivity index (χ0n) is 11.7. The van der Waals surface area contributed by atoms with Gasteiger partial charge in [-0.1, -0.05) is 25.1 Å². The first-order valence-corrected chi connectivity index (χ1v) is 6.96. The molecule has 0 bridgehead atoms. The lowest BCUT2D eigenvalue weighted by atomic mass is 10.1. The summed E-state index contributed by atoms with van der Waals surface area (Å²) in [6.07, 6.45) is 0.482. The van der Waals surface area contributed by atoms with E-state index in [1.807, 2.05) is 36.1 Å². The van der Waals surface area contributed by atoms with Crippen LogP contribution in [0.2, 0.25) is 0 Å². The van der Waals surface area contributed by atoms with Crippen molar-refractivity contribution >= 4 is 5.91 Å². The number of aryl methyl sites for hydroxylation is 1. The van der Waals surface area contributed by atoms with Gasteiger partial charge in [-0.3, -0.25) is 4.79 Å². The zero-order chi connectivity index (χ0) is 13.7. The molecule has 104 valence electrons. The van der Waals surface area contributed by atoms with E-state index < -0.39 is 6.10 Å². The zero-order valence-corrected chi connectivity index (χ0v) is 11.7. The Hall–Kier alpha value is -1.55. The van der Waals surface area contributed by atoms with Crippen molar-refractivity contribution in [3.63, 3.8) is 0 Å². The molecule has 1 heterocycles. The van der Waals surface area contributed by atoms with Crippen LogP contribution in [-0.4, -0.2) is 43.1 Å². The number of rotatable bonds is 4. The predicted octanol–water partition coefficient (Wildman–Crippen LogP) is 1.45. The number of benzene rings is 1. The maximum Gasteiger partial charge on any atom is 0.263 e. The fourth-order valence-electron chi connectivity index (χ4n) is 2.29. The molecule has 1 aliphatic rings. The van der Waals surface area contributed by atoms with E-state index >= 15 is 0 Å². The third-order valence-electron chi connectivity index (χ3n) is 3.43. The van der Waals surface area contributed by atoms with Crippen molar-refractivity contribution in [2.24, 2.45) is 0 Å². The number of hydrogen-bond acceptors (Lipinski definition) is 3. The van der Waals surface area contributed by atoms with E-state index in [1.165, 1.54) is 0 Å². The number of ether oxygens (including phenoxy) is 1. The summed E-state index contributed by atoms with van der Waals surface area (Å²) in [5, 5.41) is 3.24. The van der Waals surface area contributed by atoms with Gasteiger partial charge >= 0.3 is 0 Å². The molecule has 4 heteroatoms. The number of piperazine rings is 1. The van der Waals surface area contributed by atoms with E-state index in [0.717, 1.165) is 43.9 Å². The fraction of sp³-hybridized carbons (Fsp3) is 0.533. The Kier molecular flexibility index (Phi) is 4.80. The molecule has 1 amide bonds. The molecule has 0 unspecified atom stereocenters. The first kappa shape index (κ1) is 13.9. The van der Waals surface area contributed by atoms with Gasteiger partial charge in [0.1, 0.15) is 5.75 Å². The van der Waals surface area contributed by atoms with Crippen LogP contribution < -0.4 is 10.1 Å². The SMILES string of the molecule is CCc1ccccc1O[C@@H](C)C(=O)N1CCNCC1. The van der Waals surface area contributed by atoms with Crippen LogP contribution in [0, 0.1) is 0 Å². The lowest BCUT2D eigenvalue weighted by Gasteiger charge is -2.30. The van der Waals surface area contributed by atoms with Gasteiger partial charge in [0.15, 0.2) is 6.10 Å². The Balaban J connectivity index is 1.99. The summed E-state index contributed by atoms with van der Waals surface area (Å²) in [4.78, 5) is 14.1. The average Bonchev–Trinajstić information content (AvgIpc) is 2.48. The highest BCUT2D eigenvalue weighted by atomic mass is 16.5. The molecule has 1 atom stereocenters. The van der Waals surface area contributed by atoms with Crippen LogP contribution in [0.1, 0.15) is 19.4 Å². The Morgan fingerprint density at radius 3 is 2.74 bits per heavy atom. The number of hydrogen-bond donors (Lipinski definition) is 1. The summed E-state index contributed by atoms with van der Waals surface area (Å²) in [5.74, 6) is 0.897. The Labute approximate surface area is 114 Å². The number of carbonyl (C=O) groups is 1. The van der Waals surface area contributed by atoms with E-state index in [9.17, 15) is 4.79 Å². The molecule has 0 saturated carbocycles. The smallest absolute Gasteiger partial charge is 0.263 e. The monoisotopic (exact) mass is 262 g/mol. The number of nitrogens with one attached hydrogen (secondary N) is 1. The molecule has 0 aromatic heterocycles. The van der Waals surface area contributed by atoms with Gasteiger partial charge in [-0.25, -0.2) is 0 Å². The highest BCUT2D eigenvalue weighted by molar-refractivity contribution is 5.81. The minimum absolute atomic E-state index is 0.0763. The van der Waals surface area contributed by atoms with Gasteiger partial charge in [-0.05, 0) is 25.0 Å².